The molecule has 0 bridgehead atoms. The molecule has 2 aromatic heterocycles. The predicted octanol–water partition coefficient (Wildman–Crippen LogP) is 1.85. The van der Waals surface area contributed by atoms with Crippen LogP contribution in [0.15, 0.2) is 24.4 Å². The van der Waals surface area contributed by atoms with Gasteiger partial charge in [0.2, 0.25) is 0 Å². The summed E-state index contributed by atoms with van der Waals surface area (Å²) in [4.78, 5) is 15.1. The molecule has 0 saturated carbocycles. The maximum absolute atomic E-state index is 11.0. The molecular weight excluding hydrogens is 190 g/mol. The molecule has 0 spiro atoms. The third kappa shape index (κ3) is 1.66. The lowest BCUT2D eigenvalue weighted by Crippen LogP contribution is -1.90. The lowest BCUT2D eigenvalue weighted by Gasteiger charge is -1.96. The summed E-state index contributed by atoms with van der Waals surface area (Å²) in [6, 6.07) is 5.54. The number of aromatic amines is 1. The van der Waals surface area contributed by atoms with Crippen molar-refractivity contribution in [1.29, 1.82) is 0 Å². The number of aldehydes is 1. The summed E-state index contributed by atoms with van der Waals surface area (Å²) >= 11 is 0. The van der Waals surface area contributed by atoms with Gasteiger partial charge in [0.1, 0.15) is 5.69 Å². The number of nitrogens with zero attached hydrogens (tertiary/aromatic N) is 2. The summed E-state index contributed by atoms with van der Waals surface area (Å²) in [5.74, 6) is 0. The molecule has 0 aliphatic rings. The molecule has 0 aliphatic heterocycles. The predicted molar refractivity (Wildman–Crippen MR) is 56.6 cm³/mol. The molecule has 2 rings (SSSR count). The van der Waals surface area contributed by atoms with Crippen molar-refractivity contribution >= 4 is 6.29 Å². The Hall–Kier alpha value is -1.97. The number of nitrogens with one attached hydrogen (secondary N) is 1. The maximum atomic E-state index is 11.0. The highest BCUT2D eigenvalue weighted by Gasteiger charge is 2.13. The van der Waals surface area contributed by atoms with Gasteiger partial charge in [0.25, 0.3) is 0 Å². The van der Waals surface area contributed by atoms with Crippen molar-refractivity contribution in [3.63, 3.8) is 0 Å². The molecule has 0 saturated heterocycles. The molecule has 0 unspecified atom stereocenters. The summed E-state index contributed by atoms with van der Waals surface area (Å²) in [6.07, 6.45) is 3.27. The summed E-state index contributed by atoms with van der Waals surface area (Å²) in [7, 11) is 0. The first-order valence-electron chi connectivity index (χ1n) is 4.80. The van der Waals surface area contributed by atoms with Crippen LogP contribution in [0.4, 0.5) is 0 Å². The van der Waals surface area contributed by atoms with Gasteiger partial charge in [-0.2, -0.15) is 5.10 Å². The van der Waals surface area contributed by atoms with E-state index >= 15 is 0 Å². The Bertz CT molecular complexity index is 462. The summed E-state index contributed by atoms with van der Waals surface area (Å²) in [6.45, 7) is 1.97. The van der Waals surface area contributed by atoms with Gasteiger partial charge in [0.15, 0.2) is 6.29 Å². The van der Waals surface area contributed by atoms with Crippen molar-refractivity contribution in [3.8, 4) is 11.4 Å². The second kappa shape index (κ2) is 4.04. The van der Waals surface area contributed by atoms with Crippen LogP contribution >= 0.6 is 0 Å². The fourth-order valence-electron chi connectivity index (χ4n) is 1.48. The van der Waals surface area contributed by atoms with Gasteiger partial charge in [0, 0.05) is 11.9 Å². The van der Waals surface area contributed by atoms with E-state index in [0.29, 0.717) is 11.3 Å². The van der Waals surface area contributed by atoms with Gasteiger partial charge in [-0.1, -0.05) is 13.0 Å². The number of carbonyl (C=O) groups is 1. The SMILES string of the molecule is CCc1[nH]nc(-c2ccccn2)c1C=O. The van der Waals surface area contributed by atoms with Crippen LogP contribution in [0.2, 0.25) is 0 Å². The number of rotatable bonds is 3. The van der Waals surface area contributed by atoms with E-state index in [4.69, 9.17) is 0 Å². The average Bonchev–Trinajstić information content (AvgIpc) is 2.72. The second-order valence-electron chi connectivity index (χ2n) is 3.15. The number of pyridine rings is 1. The number of hydrogen-bond acceptors (Lipinski definition) is 3. The van der Waals surface area contributed by atoms with Gasteiger partial charge in [-0.05, 0) is 18.6 Å². The van der Waals surface area contributed by atoms with Crippen LogP contribution in [-0.4, -0.2) is 21.5 Å². The Kier molecular flexibility index (Phi) is 2.58. The van der Waals surface area contributed by atoms with Gasteiger partial charge in [-0.25, -0.2) is 0 Å². The standard InChI is InChI=1S/C11H11N3O/c1-2-9-8(7-15)11(14-13-9)10-5-3-4-6-12-10/h3-7H,2H2,1H3,(H,13,14). The van der Waals surface area contributed by atoms with Crippen LogP contribution in [0.25, 0.3) is 11.4 Å². The number of hydrogen-bond donors (Lipinski definition) is 1. The van der Waals surface area contributed by atoms with Gasteiger partial charge in [-0.3, -0.25) is 14.9 Å². The molecule has 1 N–H and O–H groups in total. The number of aryl methyl sites for hydroxylation is 1. The first kappa shape index (κ1) is 9.58. The normalized spacial score (nSPS) is 10.2. The Morgan fingerprint density at radius 1 is 1.47 bits per heavy atom. The van der Waals surface area contributed by atoms with Gasteiger partial charge < -0.3 is 0 Å². The second-order valence-corrected chi connectivity index (χ2v) is 3.15. The molecule has 0 radical (unpaired) electrons. The van der Waals surface area contributed by atoms with Gasteiger partial charge in [-0.15, -0.1) is 0 Å². The Morgan fingerprint density at radius 3 is 2.93 bits per heavy atom. The molecule has 15 heavy (non-hydrogen) atoms. The highest BCUT2D eigenvalue weighted by molar-refractivity contribution is 5.86. The summed E-state index contributed by atoms with van der Waals surface area (Å²) in [5.41, 5.74) is 2.81. The molecule has 0 amide bonds. The van der Waals surface area contributed by atoms with Crippen molar-refractivity contribution in [1.82, 2.24) is 15.2 Å². The van der Waals surface area contributed by atoms with Crippen molar-refractivity contribution in [2.24, 2.45) is 0 Å². The summed E-state index contributed by atoms with van der Waals surface area (Å²) < 4.78 is 0. The third-order valence-corrected chi connectivity index (χ3v) is 2.26. The van der Waals surface area contributed by atoms with Crippen molar-refractivity contribution in [3.05, 3.63) is 35.7 Å². The molecule has 0 aromatic carbocycles. The van der Waals surface area contributed by atoms with E-state index in [2.05, 4.69) is 15.2 Å². The van der Waals surface area contributed by atoms with Crippen molar-refractivity contribution in [2.45, 2.75) is 13.3 Å². The molecule has 0 aliphatic carbocycles. The fraction of sp³-hybridized carbons (Fsp3) is 0.182. The Labute approximate surface area is 87.4 Å². The zero-order valence-corrected chi connectivity index (χ0v) is 8.40. The van der Waals surface area contributed by atoms with E-state index in [9.17, 15) is 4.79 Å². The average molecular weight is 201 g/mol. The Balaban J connectivity index is 2.54. The zero-order valence-electron chi connectivity index (χ0n) is 8.40. The minimum Gasteiger partial charge on any atom is -0.298 e. The summed E-state index contributed by atoms with van der Waals surface area (Å²) in [5, 5.41) is 6.96. The topological polar surface area (TPSA) is 58.6 Å². The van der Waals surface area contributed by atoms with E-state index in [0.717, 1.165) is 24.1 Å². The number of carbonyl (C=O) groups excluding carboxylic acids is 1. The van der Waals surface area contributed by atoms with E-state index < -0.39 is 0 Å². The fourth-order valence-corrected chi connectivity index (χ4v) is 1.48. The van der Waals surface area contributed by atoms with Crippen LogP contribution in [0.1, 0.15) is 23.0 Å². The van der Waals surface area contributed by atoms with Crippen LogP contribution in [-0.2, 0) is 6.42 Å². The van der Waals surface area contributed by atoms with Crippen LogP contribution in [0.5, 0.6) is 0 Å². The van der Waals surface area contributed by atoms with Gasteiger partial charge >= 0.3 is 0 Å². The van der Waals surface area contributed by atoms with Crippen LogP contribution < -0.4 is 0 Å². The van der Waals surface area contributed by atoms with E-state index in [-0.39, 0.29) is 0 Å². The monoisotopic (exact) mass is 201 g/mol. The van der Waals surface area contributed by atoms with E-state index in [1.54, 1.807) is 6.20 Å². The Morgan fingerprint density at radius 2 is 2.33 bits per heavy atom. The highest BCUT2D eigenvalue weighted by Crippen LogP contribution is 2.20. The lowest BCUT2D eigenvalue weighted by atomic mass is 10.1. The molecule has 76 valence electrons. The molecule has 4 nitrogen and oxygen atoms in total. The molecule has 2 aromatic rings. The van der Waals surface area contributed by atoms with Gasteiger partial charge in [0.05, 0.1) is 11.3 Å². The molecule has 4 heteroatoms. The highest BCUT2D eigenvalue weighted by atomic mass is 16.1. The molecular formula is C11H11N3O. The third-order valence-electron chi connectivity index (χ3n) is 2.26. The molecule has 0 fully saturated rings. The molecule has 2 heterocycles. The minimum absolute atomic E-state index is 0.608. The molecule has 0 atom stereocenters. The maximum Gasteiger partial charge on any atom is 0.154 e. The minimum atomic E-state index is 0.608. The largest absolute Gasteiger partial charge is 0.298 e. The first-order valence-corrected chi connectivity index (χ1v) is 4.80. The van der Waals surface area contributed by atoms with Crippen LogP contribution in [0, 0.1) is 0 Å². The smallest absolute Gasteiger partial charge is 0.154 e. The zero-order chi connectivity index (χ0) is 10.7. The van der Waals surface area contributed by atoms with Crippen molar-refractivity contribution in [2.75, 3.05) is 0 Å². The van der Waals surface area contributed by atoms with Crippen LogP contribution in [0.3, 0.4) is 0 Å². The van der Waals surface area contributed by atoms with E-state index in [1.165, 1.54) is 0 Å². The van der Waals surface area contributed by atoms with E-state index in [1.807, 2.05) is 25.1 Å². The number of H-pyrrole nitrogens is 1. The number of aromatic nitrogens is 3. The quantitative estimate of drug-likeness (QED) is 0.771. The van der Waals surface area contributed by atoms with Crippen molar-refractivity contribution < 1.29 is 4.79 Å². The first-order chi connectivity index (χ1) is 7.36. The lowest BCUT2D eigenvalue weighted by molar-refractivity contribution is 0.112.